The van der Waals surface area contributed by atoms with E-state index in [-0.39, 0.29) is 5.91 Å². The van der Waals surface area contributed by atoms with Crippen LogP contribution < -0.4 is 10.1 Å². The average Bonchev–Trinajstić information content (AvgIpc) is 2.60. The Hall–Kier alpha value is -2.14. The van der Waals surface area contributed by atoms with E-state index in [0.29, 0.717) is 24.5 Å². The lowest BCUT2D eigenvalue weighted by molar-refractivity contribution is -0.140. The minimum atomic E-state index is -0.834. The van der Waals surface area contributed by atoms with Gasteiger partial charge in [0.1, 0.15) is 16.9 Å². The van der Waals surface area contributed by atoms with Gasteiger partial charge >= 0.3 is 0 Å². The highest BCUT2D eigenvalue weighted by atomic mass is 16.5. The highest BCUT2D eigenvalue weighted by Gasteiger charge is 2.33. The molecule has 0 aliphatic heterocycles. The molecule has 5 heteroatoms. The molecule has 1 heterocycles. The first-order valence-electron chi connectivity index (χ1n) is 8.42. The molecule has 130 valence electrons. The molecule has 0 aliphatic carbocycles. The van der Waals surface area contributed by atoms with Crippen LogP contribution in [0.5, 0.6) is 5.75 Å². The maximum atomic E-state index is 12.8. The van der Waals surface area contributed by atoms with Crippen LogP contribution >= 0.6 is 0 Å². The van der Waals surface area contributed by atoms with Gasteiger partial charge < -0.3 is 14.8 Å². The highest BCUT2D eigenvalue weighted by Crippen LogP contribution is 2.31. The third kappa shape index (κ3) is 3.85. The van der Waals surface area contributed by atoms with Gasteiger partial charge in [-0.2, -0.15) is 0 Å². The Morgan fingerprint density at radius 1 is 1.25 bits per heavy atom. The molecule has 0 radical (unpaired) electrons. The molecule has 1 N–H and O–H groups in total. The molecule has 2 aromatic rings. The fraction of sp³-hybridized carbons (Fsp3) is 0.474. The Labute approximate surface area is 143 Å². The molecule has 2 rings (SSSR count). The number of anilines is 1. The van der Waals surface area contributed by atoms with Crippen LogP contribution in [0.4, 0.5) is 5.69 Å². The van der Waals surface area contributed by atoms with E-state index in [4.69, 9.17) is 9.47 Å². The third-order valence-corrected chi connectivity index (χ3v) is 4.03. The van der Waals surface area contributed by atoms with Crippen LogP contribution in [-0.4, -0.2) is 30.2 Å². The molecule has 0 bridgehead atoms. The fourth-order valence-electron chi connectivity index (χ4n) is 2.73. The number of rotatable bonds is 8. The number of ether oxygens (including phenoxy) is 2. The normalized spacial score (nSPS) is 13.5. The van der Waals surface area contributed by atoms with Crippen molar-refractivity contribution in [3.8, 4) is 5.75 Å². The van der Waals surface area contributed by atoms with Crippen LogP contribution in [0.2, 0.25) is 0 Å². The van der Waals surface area contributed by atoms with E-state index in [1.165, 1.54) is 0 Å². The van der Waals surface area contributed by atoms with Gasteiger partial charge in [-0.15, -0.1) is 0 Å². The molecule has 0 saturated heterocycles. The number of methoxy groups -OCH3 is 1. The zero-order chi connectivity index (χ0) is 17.6. The van der Waals surface area contributed by atoms with Crippen molar-refractivity contribution in [3.63, 3.8) is 0 Å². The van der Waals surface area contributed by atoms with Crippen molar-refractivity contribution in [3.05, 3.63) is 30.5 Å². The zero-order valence-electron chi connectivity index (χ0n) is 14.9. The molecule has 24 heavy (non-hydrogen) atoms. The van der Waals surface area contributed by atoms with Gasteiger partial charge in [-0.3, -0.25) is 9.78 Å². The van der Waals surface area contributed by atoms with Crippen LogP contribution in [0, 0.1) is 0 Å². The van der Waals surface area contributed by atoms with Gasteiger partial charge in [0.05, 0.1) is 12.8 Å². The first-order chi connectivity index (χ1) is 11.6. The molecule has 0 fully saturated rings. The maximum Gasteiger partial charge on any atom is 0.256 e. The van der Waals surface area contributed by atoms with Gasteiger partial charge in [0, 0.05) is 18.2 Å². The van der Waals surface area contributed by atoms with E-state index in [9.17, 15) is 4.79 Å². The van der Waals surface area contributed by atoms with E-state index in [1.54, 1.807) is 13.3 Å². The lowest BCUT2D eigenvalue weighted by Crippen LogP contribution is -2.43. The lowest BCUT2D eigenvalue weighted by Gasteiger charge is -2.28. The van der Waals surface area contributed by atoms with E-state index < -0.39 is 5.60 Å². The van der Waals surface area contributed by atoms with E-state index in [1.807, 2.05) is 45.0 Å². The van der Waals surface area contributed by atoms with Crippen molar-refractivity contribution >= 4 is 22.5 Å². The number of carbonyl (C=O) groups is 1. The summed E-state index contributed by atoms with van der Waals surface area (Å²) in [6.45, 7) is 6.50. The predicted octanol–water partition coefficient (Wildman–Crippen LogP) is 4.17. The summed E-state index contributed by atoms with van der Waals surface area (Å²) in [6.07, 6.45) is 4.13. The Kier molecular flexibility index (Phi) is 6.15. The molecule has 1 aromatic heterocycles. The maximum absolute atomic E-state index is 12.8. The summed E-state index contributed by atoms with van der Waals surface area (Å²) in [5.74, 6) is 0.551. The van der Waals surface area contributed by atoms with Crippen LogP contribution in [0.25, 0.3) is 10.9 Å². The minimum Gasteiger partial charge on any atom is -0.494 e. The van der Waals surface area contributed by atoms with Crippen LogP contribution in [0.1, 0.15) is 40.0 Å². The number of fused-ring (bicyclic) bond motifs is 1. The quantitative estimate of drug-likeness (QED) is 0.789. The third-order valence-electron chi connectivity index (χ3n) is 4.03. The first kappa shape index (κ1) is 18.2. The Morgan fingerprint density at radius 2 is 2.04 bits per heavy atom. The predicted molar refractivity (Wildman–Crippen MR) is 96.5 cm³/mol. The summed E-state index contributed by atoms with van der Waals surface area (Å²) >= 11 is 0. The van der Waals surface area contributed by atoms with Crippen molar-refractivity contribution < 1.29 is 14.3 Å². The smallest absolute Gasteiger partial charge is 0.256 e. The Morgan fingerprint density at radius 3 is 2.71 bits per heavy atom. The van der Waals surface area contributed by atoms with E-state index in [0.717, 1.165) is 23.7 Å². The van der Waals surface area contributed by atoms with Gasteiger partial charge in [0.15, 0.2) is 0 Å². The van der Waals surface area contributed by atoms with Gasteiger partial charge in [0.25, 0.3) is 5.91 Å². The van der Waals surface area contributed by atoms with Gasteiger partial charge in [-0.25, -0.2) is 0 Å². The van der Waals surface area contributed by atoms with Crippen LogP contribution in [0.3, 0.4) is 0 Å². The van der Waals surface area contributed by atoms with Crippen LogP contribution in [0.15, 0.2) is 30.5 Å². The summed E-state index contributed by atoms with van der Waals surface area (Å²) in [5, 5.41) is 3.86. The van der Waals surface area contributed by atoms with Gasteiger partial charge in [-0.1, -0.05) is 20.3 Å². The largest absolute Gasteiger partial charge is 0.494 e. The molecular weight excluding hydrogens is 304 g/mol. The number of nitrogens with zero attached hydrogens (tertiary/aromatic N) is 1. The number of carbonyl (C=O) groups excluding carboxylic acids is 1. The van der Waals surface area contributed by atoms with Gasteiger partial charge in [0.2, 0.25) is 0 Å². The van der Waals surface area contributed by atoms with Crippen LogP contribution in [-0.2, 0) is 9.53 Å². The van der Waals surface area contributed by atoms with Crippen molar-refractivity contribution in [2.45, 2.75) is 45.6 Å². The Bertz CT molecular complexity index is 702. The second-order valence-corrected chi connectivity index (χ2v) is 6.00. The number of aromatic nitrogens is 1. The van der Waals surface area contributed by atoms with Crippen molar-refractivity contribution in [2.24, 2.45) is 0 Å². The summed E-state index contributed by atoms with van der Waals surface area (Å²) in [4.78, 5) is 17.2. The standard InChI is InChI=1S/C19H26N2O3/c1-5-11-19(3,24-13-6-2)18(22)21-15-9-10-16(23-4)17-14(15)8-7-12-20-17/h7-10,12H,5-6,11,13H2,1-4H3,(H,21,22). The number of hydrogen-bond acceptors (Lipinski definition) is 4. The van der Waals surface area contributed by atoms with E-state index >= 15 is 0 Å². The molecule has 0 aliphatic rings. The summed E-state index contributed by atoms with van der Waals surface area (Å²) in [6, 6.07) is 7.42. The number of benzene rings is 1. The monoisotopic (exact) mass is 330 g/mol. The number of nitrogens with one attached hydrogen (secondary N) is 1. The second kappa shape index (κ2) is 8.11. The fourth-order valence-corrected chi connectivity index (χ4v) is 2.73. The zero-order valence-corrected chi connectivity index (χ0v) is 14.9. The van der Waals surface area contributed by atoms with Crippen molar-refractivity contribution in [2.75, 3.05) is 19.0 Å². The number of hydrogen-bond donors (Lipinski definition) is 1. The summed E-state index contributed by atoms with van der Waals surface area (Å²) < 4.78 is 11.2. The van der Waals surface area contributed by atoms with Crippen molar-refractivity contribution in [1.82, 2.24) is 4.98 Å². The first-order valence-corrected chi connectivity index (χ1v) is 8.42. The molecule has 5 nitrogen and oxygen atoms in total. The SMILES string of the molecule is CCCOC(C)(CCC)C(=O)Nc1ccc(OC)c2ncccc12. The topological polar surface area (TPSA) is 60.5 Å². The minimum absolute atomic E-state index is 0.131. The molecule has 1 atom stereocenters. The number of amides is 1. The molecular formula is C19H26N2O3. The molecule has 1 unspecified atom stereocenters. The van der Waals surface area contributed by atoms with E-state index in [2.05, 4.69) is 10.3 Å². The molecule has 0 saturated carbocycles. The van der Waals surface area contributed by atoms with Gasteiger partial charge in [-0.05, 0) is 44.0 Å². The molecule has 1 amide bonds. The summed E-state index contributed by atoms with van der Waals surface area (Å²) in [5.41, 5.74) is 0.606. The lowest BCUT2D eigenvalue weighted by atomic mass is 9.98. The number of pyridine rings is 1. The average molecular weight is 330 g/mol. The summed E-state index contributed by atoms with van der Waals surface area (Å²) in [7, 11) is 1.61. The molecule has 1 aromatic carbocycles. The van der Waals surface area contributed by atoms with Crippen molar-refractivity contribution in [1.29, 1.82) is 0 Å². The second-order valence-electron chi connectivity index (χ2n) is 6.00. The highest BCUT2D eigenvalue weighted by molar-refractivity contribution is 6.05. The Balaban J connectivity index is 2.32. The molecule has 0 spiro atoms.